The van der Waals surface area contributed by atoms with Crippen LogP contribution in [0.25, 0.3) is 11.1 Å². The molecule has 4 nitrogen and oxygen atoms in total. The monoisotopic (exact) mass is 328 g/mol. The molecule has 0 unspecified atom stereocenters. The molecule has 2 aliphatic rings. The van der Waals surface area contributed by atoms with E-state index >= 15 is 0 Å². The number of rotatable bonds is 3. The molecule has 2 fully saturated rings. The van der Waals surface area contributed by atoms with Gasteiger partial charge in [0.1, 0.15) is 5.82 Å². The number of likely N-dealkylation sites (tertiary alicyclic amines) is 1. The van der Waals surface area contributed by atoms with Crippen LogP contribution in [0.3, 0.4) is 0 Å². The number of ether oxygens (including phenoxy) is 2. The largest absolute Gasteiger partial charge is 0.346 e. The third-order valence-electron chi connectivity index (χ3n) is 4.77. The summed E-state index contributed by atoms with van der Waals surface area (Å²) in [5.41, 5.74) is 2.55. The van der Waals surface area contributed by atoms with Crippen molar-refractivity contribution in [1.29, 1.82) is 0 Å². The first-order valence-electron chi connectivity index (χ1n) is 8.43. The molecular formula is C19H21FN2O2. The molecule has 5 heteroatoms. The minimum atomic E-state index is -0.467. The lowest BCUT2D eigenvalue weighted by Gasteiger charge is -2.38. The SMILES string of the molecule is Fc1cc(-c2ccncc2)ccc1CN1CCCC2(C1)OCCO2. The number of aromatic nitrogens is 1. The van der Waals surface area contributed by atoms with Gasteiger partial charge in [-0.25, -0.2) is 4.39 Å². The van der Waals surface area contributed by atoms with Crippen LogP contribution < -0.4 is 0 Å². The molecule has 1 aromatic heterocycles. The van der Waals surface area contributed by atoms with Gasteiger partial charge in [0.15, 0.2) is 5.79 Å². The zero-order valence-electron chi connectivity index (χ0n) is 13.6. The standard InChI is InChI=1S/C19H21FN2O2/c20-18-12-16(15-4-7-21-8-5-15)2-3-17(18)13-22-9-1-6-19(14-22)23-10-11-24-19/h2-5,7-8,12H,1,6,9-11,13-14H2. The van der Waals surface area contributed by atoms with Gasteiger partial charge in [-0.15, -0.1) is 0 Å². The van der Waals surface area contributed by atoms with Gasteiger partial charge < -0.3 is 9.47 Å². The van der Waals surface area contributed by atoms with Crippen molar-refractivity contribution < 1.29 is 13.9 Å². The third kappa shape index (κ3) is 3.20. The molecule has 24 heavy (non-hydrogen) atoms. The van der Waals surface area contributed by atoms with Crippen molar-refractivity contribution in [1.82, 2.24) is 9.88 Å². The molecule has 2 aliphatic heterocycles. The molecule has 1 aromatic carbocycles. The minimum Gasteiger partial charge on any atom is -0.346 e. The van der Waals surface area contributed by atoms with E-state index in [9.17, 15) is 4.39 Å². The molecular weight excluding hydrogens is 307 g/mol. The summed E-state index contributed by atoms with van der Waals surface area (Å²) in [6.07, 6.45) is 5.37. The predicted molar refractivity (Wildman–Crippen MR) is 88.8 cm³/mol. The van der Waals surface area contributed by atoms with Crippen LogP contribution in [-0.2, 0) is 16.0 Å². The molecule has 4 rings (SSSR count). The van der Waals surface area contributed by atoms with Crippen molar-refractivity contribution in [3.05, 3.63) is 54.1 Å². The lowest BCUT2D eigenvalue weighted by atomic mass is 10.0. The molecule has 0 N–H and O–H groups in total. The van der Waals surface area contributed by atoms with E-state index in [4.69, 9.17) is 9.47 Å². The maximum atomic E-state index is 14.6. The maximum absolute atomic E-state index is 14.6. The normalized spacial score (nSPS) is 20.5. The number of pyridine rings is 1. The number of halogens is 1. The van der Waals surface area contributed by atoms with Gasteiger partial charge in [-0.1, -0.05) is 12.1 Å². The van der Waals surface area contributed by atoms with Crippen molar-refractivity contribution in [2.45, 2.75) is 25.2 Å². The van der Waals surface area contributed by atoms with Crippen LogP contribution in [0.2, 0.25) is 0 Å². The summed E-state index contributed by atoms with van der Waals surface area (Å²) in [5.74, 6) is -0.636. The lowest BCUT2D eigenvalue weighted by Crippen LogP contribution is -2.48. The van der Waals surface area contributed by atoms with Crippen molar-refractivity contribution in [2.24, 2.45) is 0 Å². The molecule has 0 amide bonds. The predicted octanol–water partition coefficient (Wildman–Crippen LogP) is 3.23. The van der Waals surface area contributed by atoms with Crippen LogP contribution in [0.4, 0.5) is 4.39 Å². The molecule has 0 saturated carbocycles. The van der Waals surface area contributed by atoms with Crippen LogP contribution >= 0.6 is 0 Å². The lowest BCUT2D eigenvalue weighted by molar-refractivity contribution is -0.190. The summed E-state index contributed by atoms with van der Waals surface area (Å²) < 4.78 is 26.1. The summed E-state index contributed by atoms with van der Waals surface area (Å²) in [5, 5.41) is 0. The molecule has 0 aliphatic carbocycles. The van der Waals surface area contributed by atoms with Gasteiger partial charge in [0.2, 0.25) is 0 Å². The Balaban J connectivity index is 1.48. The highest BCUT2D eigenvalue weighted by Crippen LogP contribution is 2.31. The fraction of sp³-hybridized carbons (Fsp3) is 0.421. The first kappa shape index (κ1) is 15.7. The Labute approximate surface area is 141 Å². The van der Waals surface area contributed by atoms with E-state index in [0.29, 0.717) is 31.9 Å². The summed E-state index contributed by atoms with van der Waals surface area (Å²) in [6.45, 7) is 3.54. The first-order valence-corrected chi connectivity index (χ1v) is 8.43. The summed E-state index contributed by atoms with van der Waals surface area (Å²) in [7, 11) is 0. The van der Waals surface area contributed by atoms with Crippen molar-refractivity contribution >= 4 is 0 Å². The van der Waals surface area contributed by atoms with E-state index in [1.165, 1.54) is 0 Å². The van der Waals surface area contributed by atoms with Crippen LogP contribution in [0, 0.1) is 5.82 Å². The zero-order valence-corrected chi connectivity index (χ0v) is 13.6. The summed E-state index contributed by atoms with van der Waals surface area (Å²) in [4.78, 5) is 6.22. The Kier molecular flexibility index (Phi) is 4.31. The van der Waals surface area contributed by atoms with Gasteiger partial charge >= 0.3 is 0 Å². The van der Waals surface area contributed by atoms with Crippen LogP contribution in [-0.4, -0.2) is 42.0 Å². The average Bonchev–Trinajstić information content (AvgIpc) is 3.05. The van der Waals surface area contributed by atoms with Crippen molar-refractivity contribution in [3.63, 3.8) is 0 Å². The van der Waals surface area contributed by atoms with Gasteiger partial charge in [0.05, 0.1) is 19.8 Å². The van der Waals surface area contributed by atoms with E-state index in [-0.39, 0.29) is 5.82 Å². The molecule has 0 atom stereocenters. The second-order valence-electron chi connectivity index (χ2n) is 6.46. The topological polar surface area (TPSA) is 34.6 Å². The molecule has 0 bridgehead atoms. The van der Waals surface area contributed by atoms with E-state index in [1.54, 1.807) is 18.5 Å². The van der Waals surface area contributed by atoms with Gasteiger partial charge in [-0.05, 0) is 42.3 Å². The van der Waals surface area contributed by atoms with E-state index in [0.717, 1.165) is 30.5 Å². The Morgan fingerprint density at radius 2 is 1.88 bits per heavy atom. The smallest absolute Gasteiger partial charge is 0.181 e. The Morgan fingerprint density at radius 3 is 2.62 bits per heavy atom. The number of benzene rings is 1. The van der Waals surface area contributed by atoms with Gasteiger partial charge in [0.25, 0.3) is 0 Å². The highest BCUT2D eigenvalue weighted by Gasteiger charge is 2.40. The Hall–Kier alpha value is -1.82. The Bertz CT molecular complexity index is 702. The number of hydrogen-bond acceptors (Lipinski definition) is 4. The summed E-state index contributed by atoms with van der Waals surface area (Å²) in [6, 6.07) is 9.22. The van der Waals surface area contributed by atoms with E-state index < -0.39 is 5.79 Å². The second-order valence-corrected chi connectivity index (χ2v) is 6.46. The van der Waals surface area contributed by atoms with E-state index in [2.05, 4.69) is 9.88 Å². The molecule has 1 spiro atoms. The molecule has 0 radical (unpaired) electrons. The van der Waals surface area contributed by atoms with Gasteiger partial charge in [-0.3, -0.25) is 9.88 Å². The minimum absolute atomic E-state index is 0.169. The highest BCUT2D eigenvalue weighted by atomic mass is 19.1. The highest BCUT2D eigenvalue weighted by molar-refractivity contribution is 5.63. The fourth-order valence-electron chi connectivity index (χ4n) is 3.58. The quantitative estimate of drug-likeness (QED) is 0.866. The number of hydrogen-bond donors (Lipinski definition) is 0. The van der Waals surface area contributed by atoms with Crippen molar-refractivity contribution in [2.75, 3.05) is 26.3 Å². The first-order chi connectivity index (χ1) is 11.7. The van der Waals surface area contributed by atoms with Crippen molar-refractivity contribution in [3.8, 4) is 11.1 Å². The van der Waals surface area contributed by atoms with Crippen LogP contribution in [0.5, 0.6) is 0 Å². The van der Waals surface area contributed by atoms with Crippen LogP contribution in [0.15, 0.2) is 42.7 Å². The Morgan fingerprint density at radius 1 is 1.08 bits per heavy atom. The summed E-state index contributed by atoms with van der Waals surface area (Å²) >= 11 is 0. The number of piperidine rings is 1. The molecule has 126 valence electrons. The fourth-order valence-corrected chi connectivity index (χ4v) is 3.58. The maximum Gasteiger partial charge on any atom is 0.181 e. The number of nitrogens with zero attached hydrogens (tertiary/aromatic N) is 2. The second kappa shape index (κ2) is 6.59. The van der Waals surface area contributed by atoms with E-state index in [1.807, 2.05) is 24.3 Å². The molecule has 2 saturated heterocycles. The molecule has 3 heterocycles. The third-order valence-corrected chi connectivity index (χ3v) is 4.77. The molecule has 2 aromatic rings. The average molecular weight is 328 g/mol. The van der Waals surface area contributed by atoms with Gasteiger partial charge in [0, 0.05) is 30.9 Å². The van der Waals surface area contributed by atoms with Gasteiger partial charge in [-0.2, -0.15) is 0 Å². The zero-order chi connectivity index (χ0) is 16.4. The van der Waals surface area contributed by atoms with Crippen LogP contribution in [0.1, 0.15) is 18.4 Å².